The fraction of sp³-hybridized carbons (Fsp3) is 0.889. The Bertz CT molecular complexity index is 368. The number of ether oxygens (including phenoxy) is 2. The van der Waals surface area contributed by atoms with Crippen molar-refractivity contribution < 1.29 is 19.1 Å². The van der Waals surface area contributed by atoms with Gasteiger partial charge in [0.05, 0.1) is 19.4 Å². The first kappa shape index (κ1) is 19.0. The molecule has 128 valence electrons. The maximum atomic E-state index is 12.0. The van der Waals surface area contributed by atoms with Gasteiger partial charge in [-0.2, -0.15) is 0 Å². The van der Waals surface area contributed by atoms with E-state index in [4.69, 9.17) is 9.47 Å². The summed E-state index contributed by atoms with van der Waals surface area (Å²) < 4.78 is 10.8. The van der Waals surface area contributed by atoms with Gasteiger partial charge in [0.2, 0.25) is 0 Å². The number of rotatable bonds is 6. The molecule has 2 unspecified atom stereocenters. The van der Waals surface area contributed by atoms with E-state index < -0.39 is 0 Å². The zero-order chi connectivity index (χ0) is 16.8. The van der Waals surface area contributed by atoms with Crippen LogP contribution in [0.2, 0.25) is 0 Å². The van der Waals surface area contributed by atoms with Crippen LogP contribution in [-0.4, -0.2) is 24.6 Å². The number of carbonyl (C=O) groups excluding carboxylic acids is 2. The molecule has 0 aromatic heterocycles. The average molecular weight is 312 g/mol. The Hall–Kier alpha value is -1.06. The van der Waals surface area contributed by atoms with Gasteiger partial charge in [-0.15, -0.1) is 0 Å². The van der Waals surface area contributed by atoms with E-state index in [-0.39, 0.29) is 36.3 Å². The zero-order valence-corrected chi connectivity index (χ0v) is 14.8. The zero-order valence-electron chi connectivity index (χ0n) is 14.8. The molecule has 4 heteroatoms. The van der Waals surface area contributed by atoms with Crippen LogP contribution >= 0.6 is 0 Å². The molecular weight excluding hydrogens is 280 g/mol. The van der Waals surface area contributed by atoms with Crippen molar-refractivity contribution in [3.63, 3.8) is 0 Å². The van der Waals surface area contributed by atoms with Gasteiger partial charge in [-0.25, -0.2) is 0 Å². The van der Waals surface area contributed by atoms with Gasteiger partial charge in [-0.3, -0.25) is 9.59 Å². The highest BCUT2D eigenvalue weighted by molar-refractivity contribution is 5.77. The highest BCUT2D eigenvalue weighted by Crippen LogP contribution is 2.32. The molecule has 0 spiro atoms. The van der Waals surface area contributed by atoms with Crippen LogP contribution in [0.3, 0.4) is 0 Å². The number of esters is 2. The summed E-state index contributed by atoms with van der Waals surface area (Å²) in [6, 6.07) is 0. The predicted molar refractivity (Wildman–Crippen MR) is 86.3 cm³/mol. The van der Waals surface area contributed by atoms with E-state index in [0.717, 1.165) is 19.3 Å². The van der Waals surface area contributed by atoms with Gasteiger partial charge in [0.25, 0.3) is 0 Å². The van der Waals surface area contributed by atoms with Crippen LogP contribution < -0.4 is 0 Å². The quantitative estimate of drug-likeness (QED) is 0.692. The van der Waals surface area contributed by atoms with E-state index >= 15 is 0 Å². The first-order valence-electron chi connectivity index (χ1n) is 8.54. The molecule has 1 rings (SSSR count). The normalized spacial score (nSPS) is 22.5. The van der Waals surface area contributed by atoms with Crippen LogP contribution in [0.4, 0.5) is 0 Å². The van der Waals surface area contributed by atoms with E-state index in [1.165, 1.54) is 6.42 Å². The molecule has 1 saturated carbocycles. The lowest BCUT2D eigenvalue weighted by Gasteiger charge is -2.33. The van der Waals surface area contributed by atoms with E-state index in [0.29, 0.717) is 18.4 Å². The van der Waals surface area contributed by atoms with Crippen LogP contribution in [0.5, 0.6) is 0 Å². The Labute approximate surface area is 134 Å². The molecule has 1 fully saturated rings. The monoisotopic (exact) mass is 312 g/mol. The maximum Gasteiger partial charge on any atom is 0.306 e. The molecular formula is C18H32O4. The van der Waals surface area contributed by atoms with Crippen LogP contribution in [0.15, 0.2) is 0 Å². The molecule has 0 bridgehead atoms. The minimum Gasteiger partial charge on any atom is -0.465 e. The molecule has 1 aliphatic rings. The van der Waals surface area contributed by atoms with Gasteiger partial charge in [0, 0.05) is 0 Å². The van der Waals surface area contributed by atoms with Crippen molar-refractivity contribution in [1.82, 2.24) is 0 Å². The van der Waals surface area contributed by atoms with Gasteiger partial charge in [0.15, 0.2) is 0 Å². The SMILES string of the molecule is CC(C)C1CCCCC1OC(=O)CCC(=O)OCC(C)(C)C. The fourth-order valence-electron chi connectivity index (χ4n) is 2.84. The van der Waals surface area contributed by atoms with Crippen LogP contribution in [0.25, 0.3) is 0 Å². The fourth-order valence-corrected chi connectivity index (χ4v) is 2.84. The smallest absolute Gasteiger partial charge is 0.306 e. The summed E-state index contributed by atoms with van der Waals surface area (Å²) >= 11 is 0. The lowest BCUT2D eigenvalue weighted by molar-refractivity contribution is -0.158. The van der Waals surface area contributed by atoms with Crippen molar-refractivity contribution >= 4 is 11.9 Å². The van der Waals surface area contributed by atoms with Crippen molar-refractivity contribution in [3.05, 3.63) is 0 Å². The Balaban J connectivity index is 2.31. The molecule has 2 atom stereocenters. The van der Waals surface area contributed by atoms with E-state index in [1.807, 2.05) is 20.8 Å². The molecule has 0 amide bonds. The van der Waals surface area contributed by atoms with E-state index in [9.17, 15) is 9.59 Å². The minimum atomic E-state index is -0.323. The molecule has 22 heavy (non-hydrogen) atoms. The predicted octanol–water partition coefficient (Wildman–Crippen LogP) is 4.11. The number of hydrogen-bond donors (Lipinski definition) is 0. The number of carbonyl (C=O) groups is 2. The summed E-state index contributed by atoms with van der Waals surface area (Å²) in [5.41, 5.74) is -0.0528. The highest BCUT2D eigenvalue weighted by atomic mass is 16.5. The van der Waals surface area contributed by atoms with Gasteiger partial charge in [-0.1, -0.05) is 41.0 Å². The van der Waals surface area contributed by atoms with Crippen LogP contribution in [-0.2, 0) is 19.1 Å². The second-order valence-corrected chi connectivity index (χ2v) is 7.94. The van der Waals surface area contributed by atoms with Gasteiger partial charge >= 0.3 is 11.9 Å². The van der Waals surface area contributed by atoms with E-state index in [1.54, 1.807) is 0 Å². The molecule has 0 radical (unpaired) electrons. The summed E-state index contributed by atoms with van der Waals surface area (Å²) in [5.74, 6) is 0.376. The number of hydrogen-bond acceptors (Lipinski definition) is 4. The van der Waals surface area contributed by atoms with Gasteiger partial charge in [0.1, 0.15) is 6.10 Å². The van der Waals surface area contributed by atoms with Crippen molar-refractivity contribution in [2.24, 2.45) is 17.3 Å². The topological polar surface area (TPSA) is 52.6 Å². The first-order valence-corrected chi connectivity index (χ1v) is 8.54. The average Bonchev–Trinajstić information content (AvgIpc) is 2.42. The third-order valence-electron chi connectivity index (χ3n) is 4.09. The van der Waals surface area contributed by atoms with Gasteiger partial charge < -0.3 is 9.47 Å². The summed E-state index contributed by atoms with van der Waals surface area (Å²) in [6.45, 7) is 10.7. The van der Waals surface area contributed by atoms with Crippen molar-refractivity contribution in [2.45, 2.75) is 79.2 Å². The van der Waals surface area contributed by atoms with Gasteiger partial charge in [-0.05, 0) is 36.5 Å². The Kier molecular flexibility index (Phi) is 7.37. The maximum absolute atomic E-state index is 12.0. The molecule has 0 aromatic rings. The highest BCUT2D eigenvalue weighted by Gasteiger charge is 2.30. The van der Waals surface area contributed by atoms with Crippen molar-refractivity contribution in [3.8, 4) is 0 Å². The standard InChI is InChI=1S/C18H32O4/c1-13(2)14-8-6-7-9-15(14)22-17(20)11-10-16(19)21-12-18(3,4)5/h13-15H,6-12H2,1-5H3. The molecule has 0 aromatic carbocycles. The summed E-state index contributed by atoms with van der Waals surface area (Å²) in [4.78, 5) is 23.6. The minimum absolute atomic E-state index is 0.0202. The third kappa shape index (κ3) is 7.28. The van der Waals surface area contributed by atoms with Crippen molar-refractivity contribution in [1.29, 1.82) is 0 Å². The summed E-state index contributed by atoms with van der Waals surface area (Å²) in [7, 11) is 0. The molecule has 0 N–H and O–H groups in total. The second kappa shape index (κ2) is 8.54. The lowest BCUT2D eigenvalue weighted by atomic mass is 9.79. The summed E-state index contributed by atoms with van der Waals surface area (Å²) in [5, 5.41) is 0. The Morgan fingerprint density at radius 1 is 1.05 bits per heavy atom. The van der Waals surface area contributed by atoms with Crippen LogP contribution in [0.1, 0.15) is 73.1 Å². The Morgan fingerprint density at radius 3 is 2.23 bits per heavy atom. The first-order chi connectivity index (χ1) is 10.2. The largest absolute Gasteiger partial charge is 0.465 e. The summed E-state index contributed by atoms with van der Waals surface area (Å²) in [6.07, 6.45) is 4.65. The lowest BCUT2D eigenvalue weighted by Crippen LogP contribution is -2.33. The molecule has 0 heterocycles. The molecule has 0 aliphatic heterocycles. The third-order valence-corrected chi connectivity index (χ3v) is 4.09. The van der Waals surface area contributed by atoms with Crippen molar-refractivity contribution in [2.75, 3.05) is 6.61 Å². The van der Waals surface area contributed by atoms with Crippen LogP contribution in [0, 0.1) is 17.3 Å². The second-order valence-electron chi connectivity index (χ2n) is 7.94. The molecule has 0 saturated heterocycles. The molecule has 4 nitrogen and oxygen atoms in total. The Morgan fingerprint density at radius 2 is 1.64 bits per heavy atom. The van der Waals surface area contributed by atoms with E-state index in [2.05, 4.69) is 13.8 Å². The molecule has 1 aliphatic carbocycles.